The number of hydrogen-bond donors (Lipinski definition) is 1. The van der Waals surface area contributed by atoms with Gasteiger partial charge in [0.15, 0.2) is 12.1 Å². The SMILES string of the molecule is CCCC(OC(C)C)OC(C)(O)CC. The largest absolute Gasteiger partial charge is 0.366 e. The van der Waals surface area contributed by atoms with Crippen molar-refractivity contribution in [1.82, 2.24) is 0 Å². The van der Waals surface area contributed by atoms with E-state index in [-0.39, 0.29) is 12.4 Å². The third-order valence-electron chi connectivity index (χ3n) is 1.99. The standard InChI is InChI=1S/C11H24O3/c1-6-8-10(13-9(3)4)14-11(5,12)7-2/h9-10,12H,6-8H2,1-5H3. The quantitative estimate of drug-likeness (QED) is 0.648. The minimum absolute atomic E-state index is 0.124. The van der Waals surface area contributed by atoms with Crippen molar-refractivity contribution < 1.29 is 14.6 Å². The van der Waals surface area contributed by atoms with Crippen LogP contribution in [-0.4, -0.2) is 23.3 Å². The minimum atomic E-state index is -1.07. The molecule has 0 aliphatic carbocycles. The molecule has 3 heteroatoms. The molecule has 14 heavy (non-hydrogen) atoms. The summed E-state index contributed by atoms with van der Waals surface area (Å²) in [5.41, 5.74) is 0. The van der Waals surface area contributed by atoms with Crippen LogP contribution in [0.3, 0.4) is 0 Å². The highest BCUT2D eigenvalue weighted by Crippen LogP contribution is 2.18. The molecule has 0 amide bonds. The second-order valence-electron chi connectivity index (χ2n) is 4.05. The van der Waals surface area contributed by atoms with Gasteiger partial charge < -0.3 is 14.6 Å². The molecule has 3 nitrogen and oxygen atoms in total. The summed E-state index contributed by atoms with van der Waals surface area (Å²) in [6, 6.07) is 0. The van der Waals surface area contributed by atoms with Gasteiger partial charge in [0.2, 0.25) is 0 Å². The van der Waals surface area contributed by atoms with E-state index in [1.54, 1.807) is 6.92 Å². The average molecular weight is 204 g/mol. The molecule has 0 bridgehead atoms. The zero-order valence-corrected chi connectivity index (χ0v) is 10.0. The van der Waals surface area contributed by atoms with Crippen molar-refractivity contribution >= 4 is 0 Å². The predicted octanol–water partition coefficient (Wildman–Crippen LogP) is 2.67. The summed E-state index contributed by atoms with van der Waals surface area (Å²) in [5.74, 6) is -1.07. The van der Waals surface area contributed by atoms with Crippen molar-refractivity contribution in [2.75, 3.05) is 0 Å². The third kappa shape index (κ3) is 6.35. The third-order valence-corrected chi connectivity index (χ3v) is 1.99. The Morgan fingerprint density at radius 3 is 2.21 bits per heavy atom. The maximum Gasteiger partial charge on any atom is 0.165 e. The first-order valence-electron chi connectivity index (χ1n) is 5.47. The van der Waals surface area contributed by atoms with Gasteiger partial charge in [-0.05, 0) is 33.6 Å². The molecule has 0 aromatic carbocycles. The Bertz CT molecular complexity index is 143. The molecule has 0 aliphatic rings. The van der Waals surface area contributed by atoms with E-state index >= 15 is 0 Å². The predicted molar refractivity (Wildman–Crippen MR) is 56.9 cm³/mol. The van der Waals surface area contributed by atoms with E-state index in [9.17, 15) is 5.11 Å². The lowest BCUT2D eigenvalue weighted by molar-refractivity contribution is -0.292. The lowest BCUT2D eigenvalue weighted by Crippen LogP contribution is -2.35. The van der Waals surface area contributed by atoms with Crippen molar-refractivity contribution in [3.05, 3.63) is 0 Å². The van der Waals surface area contributed by atoms with Crippen LogP contribution in [0, 0.1) is 0 Å². The van der Waals surface area contributed by atoms with E-state index in [0.717, 1.165) is 12.8 Å². The lowest BCUT2D eigenvalue weighted by Gasteiger charge is -2.29. The minimum Gasteiger partial charge on any atom is -0.366 e. The van der Waals surface area contributed by atoms with E-state index < -0.39 is 5.79 Å². The van der Waals surface area contributed by atoms with Gasteiger partial charge in [0.05, 0.1) is 6.10 Å². The van der Waals surface area contributed by atoms with Gasteiger partial charge in [-0.3, -0.25) is 0 Å². The summed E-state index contributed by atoms with van der Waals surface area (Å²) >= 11 is 0. The van der Waals surface area contributed by atoms with Crippen LogP contribution in [0.2, 0.25) is 0 Å². The highest BCUT2D eigenvalue weighted by Gasteiger charge is 2.24. The summed E-state index contributed by atoms with van der Waals surface area (Å²) in [6.45, 7) is 9.55. The Morgan fingerprint density at radius 2 is 1.86 bits per heavy atom. The van der Waals surface area contributed by atoms with Gasteiger partial charge in [0.1, 0.15) is 0 Å². The van der Waals surface area contributed by atoms with Gasteiger partial charge >= 0.3 is 0 Å². The highest BCUT2D eigenvalue weighted by molar-refractivity contribution is 4.59. The maximum absolute atomic E-state index is 9.73. The van der Waals surface area contributed by atoms with Gasteiger partial charge in [-0.2, -0.15) is 0 Å². The molecule has 0 aromatic rings. The van der Waals surface area contributed by atoms with E-state index in [4.69, 9.17) is 9.47 Å². The van der Waals surface area contributed by atoms with Gasteiger partial charge in [-0.15, -0.1) is 0 Å². The summed E-state index contributed by atoms with van der Waals surface area (Å²) in [7, 11) is 0. The Kier molecular flexibility index (Phi) is 6.33. The second kappa shape index (κ2) is 6.38. The molecule has 2 unspecified atom stereocenters. The summed E-state index contributed by atoms with van der Waals surface area (Å²) in [6.07, 6.45) is 2.19. The number of hydrogen-bond acceptors (Lipinski definition) is 3. The van der Waals surface area contributed by atoms with Crippen molar-refractivity contribution in [1.29, 1.82) is 0 Å². The summed E-state index contributed by atoms with van der Waals surface area (Å²) in [5, 5.41) is 9.73. The van der Waals surface area contributed by atoms with E-state index in [1.807, 2.05) is 20.8 Å². The van der Waals surface area contributed by atoms with Crippen molar-refractivity contribution in [2.45, 2.75) is 72.1 Å². The molecular weight excluding hydrogens is 180 g/mol. The van der Waals surface area contributed by atoms with Crippen LogP contribution in [0.5, 0.6) is 0 Å². The zero-order chi connectivity index (χ0) is 11.2. The first-order chi connectivity index (χ1) is 6.41. The van der Waals surface area contributed by atoms with Crippen LogP contribution in [0.1, 0.15) is 53.9 Å². The van der Waals surface area contributed by atoms with Crippen molar-refractivity contribution in [3.8, 4) is 0 Å². The molecule has 0 saturated carbocycles. The molecular formula is C11H24O3. The molecule has 0 spiro atoms. The molecule has 0 radical (unpaired) electrons. The Hall–Kier alpha value is -0.120. The molecule has 0 aliphatic heterocycles. The molecule has 0 fully saturated rings. The van der Waals surface area contributed by atoms with Gasteiger partial charge in [0, 0.05) is 0 Å². The van der Waals surface area contributed by atoms with E-state index in [2.05, 4.69) is 6.92 Å². The lowest BCUT2D eigenvalue weighted by atomic mass is 10.2. The van der Waals surface area contributed by atoms with Crippen LogP contribution in [0.15, 0.2) is 0 Å². The molecule has 1 N–H and O–H groups in total. The molecule has 0 heterocycles. The van der Waals surface area contributed by atoms with Crippen molar-refractivity contribution in [3.63, 3.8) is 0 Å². The molecule has 86 valence electrons. The van der Waals surface area contributed by atoms with Crippen LogP contribution in [-0.2, 0) is 9.47 Å². The van der Waals surface area contributed by atoms with Crippen LogP contribution in [0.25, 0.3) is 0 Å². The Balaban J connectivity index is 4.07. The monoisotopic (exact) mass is 204 g/mol. The van der Waals surface area contributed by atoms with E-state index in [0.29, 0.717) is 6.42 Å². The van der Waals surface area contributed by atoms with E-state index in [1.165, 1.54) is 0 Å². The van der Waals surface area contributed by atoms with Crippen LogP contribution in [0.4, 0.5) is 0 Å². The molecule has 0 rings (SSSR count). The summed E-state index contributed by atoms with van der Waals surface area (Å²) < 4.78 is 11.0. The normalized spacial score (nSPS) is 18.2. The summed E-state index contributed by atoms with van der Waals surface area (Å²) in [4.78, 5) is 0. The smallest absolute Gasteiger partial charge is 0.165 e. The molecule has 0 aromatic heterocycles. The number of rotatable bonds is 7. The Labute approximate surface area is 87.4 Å². The van der Waals surface area contributed by atoms with Gasteiger partial charge in [-0.25, -0.2) is 0 Å². The highest BCUT2D eigenvalue weighted by atomic mass is 16.7. The first kappa shape index (κ1) is 13.9. The fourth-order valence-electron chi connectivity index (χ4n) is 1.06. The molecule has 2 atom stereocenters. The van der Waals surface area contributed by atoms with Gasteiger partial charge in [0.25, 0.3) is 0 Å². The first-order valence-corrected chi connectivity index (χ1v) is 5.47. The number of ether oxygens (including phenoxy) is 2. The average Bonchev–Trinajstić information content (AvgIpc) is 2.03. The number of aliphatic hydroxyl groups is 1. The van der Waals surface area contributed by atoms with Gasteiger partial charge in [-0.1, -0.05) is 20.3 Å². The molecule has 0 saturated heterocycles. The Morgan fingerprint density at radius 1 is 1.29 bits per heavy atom. The van der Waals surface area contributed by atoms with Crippen LogP contribution >= 0.6 is 0 Å². The fourth-order valence-corrected chi connectivity index (χ4v) is 1.06. The van der Waals surface area contributed by atoms with Crippen molar-refractivity contribution in [2.24, 2.45) is 0 Å². The second-order valence-corrected chi connectivity index (χ2v) is 4.05. The van der Waals surface area contributed by atoms with Crippen LogP contribution < -0.4 is 0 Å². The maximum atomic E-state index is 9.73. The topological polar surface area (TPSA) is 38.7 Å². The fraction of sp³-hybridized carbons (Fsp3) is 1.00. The zero-order valence-electron chi connectivity index (χ0n) is 10.0.